The molecule has 1 aliphatic carbocycles. The molecule has 0 spiro atoms. The molecule has 6 heteroatoms. The molecule has 0 unspecified atom stereocenters. The van der Waals surface area contributed by atoms with Gasteiger partial charge in [0.2, 0.25) is 17.8 Å². The molecular formula is C28H34N4O2. The lowest BCUT2D eigenvalue weighted by Crippen LogP contribution is -2.45. The van der Waals surface area contributed by atoms with Crippen LogP contribution in [0.4, 0.5) is 5.95 Å². The summed E-state index contributed by atoms with van der Waals surface area (Å²) in [5.41, 5.74) is 5.04. The SMILES string of the molecule is Cc1ccc(-n2cc(-c3ccccc3)nc2NC(=O)CN(C(=O)C2CCCC2)C(C)C)cc1C. The molecule has 1 aromatic heterocycles. The summed E-state index contributed by atoms with van der Waals surface area (Å²) in [7, 11) is 0. The summed E-state index contributed by atoms with van der Waals surface area (Å²) in [5, 5.41) is 2.98. The molecule has 1 saturated carbocycles. The van der Waals surface area contributed by atoms with Crippen molar-refractivity contribution in [2.45, 2.75) is 59.4 Å². The number of nitrogens with one attached hydrogen (secondary N) is 1. The van der Waals surface area contributed by atoms with Crippen LogP contribution in [0.5, 0.6) is 0 Å². The van der Waals surface area contributed by atoms with Crippen LogP contribution in [-0.4, -0.2) is 38.9 Å². The maximum atomic E-state index is 13.1. The second-order valence-corrected chi connectivity index (χ2v) is 9.54. The van der Waals surface area contributed by atoms with E-state index < -0.39 is 0 Å². The number of anilines is 1. The molecular weight excluding hydrogens is 424 g/mol. The molecule has 1 N–H and O–H groups in total. The Hall–Kier alpha value is -3.41. The van der Waals surface area contributed by atoms with E-state index in [4.69, 9.17) is 4.98 Å². The Labute approximate surface area is 202 Å². The van der Waals surface area contributed by atoms with Crippen molar-refractivity contribution in [2.24, 2.45) is 5.92 Å². The fourth-order valence-electron chi connectivity index (χ4n) is 4.53. The lowest BCUT2D eigenvalue weighted by molar-refractivity contribution is -0.140. The van der Waals surface area contributed by atoms with E-state index in [1.54, 1.807) is 4.90 Å². The Morgan fingerprint density at radius 1 is 1.06 bits per heavy atom. The molecule has 34 heavy (non-hydrogen) atoms. The Morgan fingerprint density at radius 3 is 2.41 bits per heavy atom. The van der Waals surface area contributed by atoms with Gasteiger partial charge in [-0.2, -0.15) is 0 Å². The second-order valence-electron chi connectivity index (χ2n) is 9.54. The zero-order valence-corrected chi connectivity index (χ0v) is 20.5. The van der Waals surface area contributed by atoms with Gasteiger partial charge in [0.1, 0.15) is 6.54 Å². The number of rotatable bonds is 7. The first-order chi connectivity index (χ1) is 16.3. The minimum absolute atomic E-state index is 0.0213. The van der Waals surface area contributed by atoms with Crippen molar-refractivity contribution in [3.63, 3.8) is 0 Å². The highest BCUT2D eigenvalue weighted by atomic mass is 16.2. The molecule has 178 valence electrons. The molecule has 0 aliphatic heterocycles. The Kier molecular flexibility index (Phi) is 7.15. The van der Waals surface area contributed by atoms with Crippen LogP contribution >= 0.6 is 0 Å². The van der Waals surface area contributed by atoms with Gasteiger partial charge in [-0.1, -0.05) is 49.2 Å². The highest BCUT2D eigenvalue weighted by Gasteiger charge is 2.30. The number of benzene rings is 2. The van der Waals surface area contributed by atoms with Crippen molar-refractivity contribution in [3.05, 3.63) is 65.9 Å². The number of carbonyl (C=O) groups excluding carboxylic acids is 2. The first kappa shape index (κ1) is 23.7. The number of amides is 2. The Bertz CT molecular complexity index is 1160. The molecule has 3 aromatic rings. The number of aryl methyl sites for hydroxylation is 2. The molecule has 1 aliphatic rings. The van der Waals surface area contributed by atoms with Gasteiger partial charge >= 0.3 is 0 Å². The van der Waals surface area contributed by atoms with Gasteiger partial charge in [0.15, 0.2) is 0 Å². The predicted molar refractivity (Wildman–Crippen MR) is 136 cm³/mol. The van der Waals surface area contributed by atoms with Crippen molar-refractivity contribution in [1.82, 2.24) is 14.5 Å². The van der Waals surface area contributed by atoms with Crippen LogP contribution in [-0.2, 0) is 9.59 Å². The summed E-state index contributed by atoms with van der Waals surface area (Å²) in [6.07, 6.45) is 5.95. The monoisotopic (exact) mass is 458 g/mol. The van der Waals surface area contributed by atoms with Gasteiger partial charge < -0.3 is 4.90 Å². The third-order valence-electron chi connectivity index (χ3n) is 6.72. The lowest BCUT2D eigenvalue weighted by Gasteiger charge is -2.28. The van der Waals surface area contributed by atoms with E-state index in [1.807, 2.05) is 61.0 Å². The normalized spacial score (nSPS) is 13.9. The van der Waals surface area contributed by atoms with Crippen LogP contribution in [0.15, 0.2) is 54.7 Å². The van der Waals surface area contributed by atoms with E-state index in [2.05, 4.69) is 31.3 Å². The van der Waals surface area contributed by atoms with E-state index in [1.165, 1.54) is 5.56 Å². The van der Waals surface area contributed by atoms with Gasteiger partial charge in [-0.05, 0) is 63.8 Å². The van der Waals surface area contributed by atoms with E-state index in [0.29, 0.717) is 5.95 Å². The van der Waals surface area contributed by atoms with Crippen molar-refractivity contribution in [2.75, 3.05) is 11.9 Å². The summed E-state index contributed by atoms with van der Waals surface area (Å²) in [6.45, 7) is 8.09. The van der Waals surface area contributed by atoms with Crippen LogP contribution in [0.25, 0.3) is 16.9 Å². The first-order valence-electron chi connectivity index (χ1n) is 12.2. The molecule has 1 fully saturated rings. The third-order valence-corrected chi connectivity index (χ3v) is 6.72. The average molecular weight is 459 g/mol. The first-order valence-corrected chi connectivity index (χ1v) is 12.2. The quantitative estimate of drug-likeness (QED) is 0.507. The number of imidazole rings is 1. The molecule has 2 amide bonds. The van der Waals surface area contributed by atoms with Crippen molar-refractivity contribution < 1.29 is 9.59 Å². The van der Waals surface area contributed by atoms with Crippen molar-refractivity contribution in [1.29, 1.82) is 0 Å². The van der Waals surface area contributed by atoms with Gasteiger partial charge in [-0.25, -0.2) is 4.98 Å². The molecule has 0 radical (unpaired) electrons. The van der Waals surface area contributed by atoms with Crippen molar-refractivity contribution in [3.8, 4) is 16.9 Å². The molecule has 2 aromatic carbocycles. The van der Waals surface area contributed by atoms with Gasteiger partial charge in [0.25, 0.3) is 0 Å². The summed E-state index contributed by atoms with van der Waals surface area (Å²) in [5.74, 6) is 0.335. The standard InChI is InChI=1S/C28H34N4O2/c1-19(2)31(27(34)23-12-8-9-13-23)18-26(33)30-28-29-25(22-10-6-5-7-11-22)17-32(28)24-15-14-20(3)21(4)16-24/h5-7,10-11,14-17,19,23H,8-9,12-13,18H2,1-4H3,(H,29,30,33). The van der Waals surface area contributed by atoms with Crippen LogP contribution in [0.1, 0.15) is 50.7 Å². The average Bonchev–Trinajstić information content (AvgIpc) is 3.50. The number of nitrogens with zero attached hydrogens (tertiary/aromatic N) is 3. The predicted octanol–water partition coefficient (Wildman–Crippen LogP) is 5.52. The topological polar surface area (TPSA) is 67.2 Å². The van der Waals surface area contributed by atoms with Crippen molar-refractivity contribution >= 4 is 17.8 Å². The fraction of sp³-hybridized carbons (Fsp3) is 0.393. The van der Waals surface area contributed by atoms with Gasteiger partial charge in [0, 0.05) is 29.4 Å². The third kappa shape index (κ3) is 5.22. The molecule has 0 bridgehead atoms. The number of hydrogen-bond donors (Lipinski definition) is 1. The van der Waals surface area contributed by atoms with E-state index >= 15 is 0 Å². The van der Waals surface area contributed by atoms with Crippen LogP contribution in [0, 0.1) is 19.8 Å². The summed E-state index contributed by atoms with van der Waals surface area (Å²) in [4.78, 5) is 32.6. The second kappa shape index (κ2) is 10.2. The summed E-state index contributed by atoms with van der Waals surface area (Å²) < 4.78 is 1.91. The fourth-order valence-corrected chi connectivity index (χ4v) is 4.53. The molecule has 0 saturated heterocycles. The van der Waals surface area contributed by atoms with E-state index in [9.17, 15) is 9.59 Å². The zero-order chi connectivity index (χ0) is 24.2. The van der Waals surface area contributed by atoms with E-state index in [0.717, 1.165) is 48.2 Å². The van der Waals surface area contributed by atoms with E-state index in [-0.39, 0.29) is 30.3 Å². The lowest BCUT2D eigenvalue weighted by atomic mass is 10.1. The minimum atomic E-state index is -0.240. The van der Waals surface area contributed by atoms with Crippen LogP contribution in [0.2, 0.25) is 0 Å². The van der Waals surface area contributed by atoms with Gasteiger partial charge in [0.05, 0.1) is 5.69 Å². The van der Waals surface area contributed by atoms with Gasteiger partial charge in [-0.15, -0.1) is 0 Å². The number of hydrogen-bond acceptors (Lipinski definition) is 3. The summed E-state index contributed by atoms with van der Waals surface area (Å²) in [6, 6.07) is 16.0. The Morgan fingerprint density at radius 2 is 1.76 bits per heavy atom. The molecule has 6 nitrogen and oxygen atoms in total. The molecule has 1 heterocycles. The van der Waals surface area contributed by atoms with Gasteiger partial charge in [-0.3, -0.25) is 19.5 Å². The maximum Gasteiger partial charge on any atom is 0.246 e. The smallest absolute Gasteiger partial charge is 0.246 e. The Balaban J connectivity index is 1.61. The number of aromatic nitrogens is 2. The summed E-state index contributed by atoms with van der Waals surface area (Å²) >= 11 is 0. The highest BCUT2D eigenvalue weighted by molar-refractivity contribution is 5.94. The number of carbonyl (C=O) groups is 2. The van der Waals surface area contributed by atoms with Crippen LogP contribution < -0.4 is 5.32 Å². The molecule has 0 atom stereocenters. The zero-order valence-electron chi connectivity index (χ0n) is 20.5. The highest BCUT2D eigenvalue weighted by Crippen LogP contribution is 2.28. The molecule has 4 rings (SSSR count). The largest absolute Gasteiger partial charge is 0.331 e. The minimum Gasteiger partial charge on any atom is -0.331 e. The maximum absolute atomic E-state index is 13.1. The van der Waals surface area contributed by atoms with Crippen LogP contribution in [0.3, 0.4) is 0 Å².